The topological polar surface area (TPSA) is 66.5 Å². The fraction of sp³-hybridized carbons (Fsp3) is 0.562. The number of amides is 1. The van der Waals surface area contributed by atoms with Crippen molar-refractivity contribution in [3.63, 3.8) is 0 Å². The monoisotopic (exact) mass is 326 g/mol. The van der Waals surface area contributed by atoms with Crippen molar-refractivity contribution in [2.45, 2.75) is 51.0 Å². The predicted octanol–water partition coefficient (Wildman–Crippen LogP) is 2.64. The normalized spacial score (nSPS) is 13.1. The molecule has 1 rings (SSSR count). The molecule has 0 fully saturated rings. The molecule has 0 aliphatic heterocycles. The van der Waals surface area contributed by atoms with Crippen molar-refractivity contribution in [2.75, 3.05) is 13.6 Å². The minimum Gasteiger partial charge on any atom is -0.350 e. The second-order valence-electron chi connectivity index (χ2n) is 5.49. The summed E-state index contributed by atoms with van der Waals surface area (Å²) in [6.45, 7) is 6.38. The maximum atomic E-state index is 12.5. The Morgan fingerprint density at radius 1 is 1.32 bits per heavy atom. The Labute approximate surface area is 133 Å². The number of unbranched alkanes of at least 4 members (excludes halogenated alkanes) is 1. The van der Waals surface area contributed by atoms with Gasteiger partial charge >= 0.3 is 0 Å². The van der Waals surface area contributed by atoms with E-state index < -0.39 is 10.0 Å². The number of rotatable bonds is 8. The Bertz CT molecular complexity index is 599. The summed E-state index contributed by atoms with van der Waals surface area (Å²) in [5.74, 6) is -0.248. The molecule has 1 N–H and O–H groups in total. The van der Waals surface area contributed by atoms with Gasteiger partial charge in [0.05, 0.1) is 4.90 Å². The molecule has 1 unspecified atom stereocenters. The van der Waals surface area contributed by atoms with E-state index in [2.05, 4.69) is 5.32 Å². The smallest absolute Gasteiger partial charge is 0.251 e. The Morgan fingerprint density at radius 2 is 2.00 bits per heavy atom. The zero-order valence-corrected chi connectivity index (χ0v) is 14.6. The third kappa shape index (κ3) is 4.81. The molecule has 1 aromatic carbocycles. The minimum absolute atomic E-state index is 0.0555. The molecule has 0 saturated carbocycles. The van der Waals surface area contributed by atoms with Crippen LogP contribution < -0.4 is 5.32 Å². The summed E-state index contributed by atoms with van der Waals surface area (Å²) in [6.07, 6.45) is 2.56. The van der Waals surface area contributed by atoms with Gasteiger partial charge < -0.3 is 5.32 Å². The number of hydrogen-bond donors (Lipinski definition) is 1. The fourth-order valence-electron chi connectivity index (χ4n) is 1.89. The van der Waals surface area contributed by atoms with Crippen molar-refractivity contribution in [2.24, 2.45) is 0 Å². The minimum atomic E-state index is -3.55. The van der Waals surface area contributed by atoms with Crippen molar-refractivity contribution < 1.29 is 13.2 Å². The summed E-state index contributed by atoms with van der Waals surface area (Å²) in [5.41, 5.74) is 0.366. The highest BCUT2D eigenvalue weighted by Crippen LogP contribution is 2.16. The molecular weight excluding hydrogens is 300 g/mol. The van der Waals surface area contributed by atoms with E-state index in [-0.39, 0.29) is 16.8 Å². The summed E-state index contributed by atoms with van der Waals surface area (Å²) in [7, 11) is -1.98. The van der Waals surface area contributed by atoms with E-state index in [4.69, 9.17) is 0 Å². The van der Waals surface area contributed by atoms with Gasteiger partial charge in [-0.3, -0.25) is 4.79 Å². The van der Waals surface area contributed by atoms with Crippen LogP contribution in [-0.2, 0) is 10.0 Å². The fourth-order valence-corrected chi connectivity index (χ4v) is 3.14. The van der Waals surface area contributed by atoms with Gasteiger partial charge in [-0.15, -0.1) is 0 Å². The summed E-state index contributed by atoms with van der Waals surface area (Å²) >= 11 is 0. The van der Waals surface area contributed by atoms with E-state index in [1.807, 2.05) is 20.8 Å². The molecule has 22 heavy (non-hydrogen) atoms. The SMILES string of the molecule is CCCCN(C)S(=O)(=O)c1cccc(C(=O)NC(C)CC)c1. The average molecular weight is 326 g/mol. The highest BCUT2D eigenvalue weighted by Gasteiger charge is 2.21. The van der Waals surface area contributed by atoms with Crippen molar-refractivity contribution in [1.82, 2.24) is 9.62 Å². The van der Waals surface area contributed by atoms with Crippen molar-refractivity contribution in [3.05, 3.63) is 29.8 Å². The van der Waals surface area contributed by atoms with Crippen molar-refractivity contribution >= 4 is 15.9 Å². The van der Waals surface area contributed by atoms with Crippen LogP contribution in [0.4, 0.5) is 0 Å². The van der Waals surface area contributed by atoms with E-state index in [1.165, 1.54) is 16.4 Å². The molecule has 1 aromatic rings. The zero-order valence-electron chi connectivity index (χ0n) is 13.8. The molecule has 1 amide bonds. The number of hydrogen-bond acceptors (Lipinski definition) is 3. The first-order chi connectivity index (χ1) is 10.3. The van der Waals surface area contributed by atoms with Crippen LogP contribution in [0.25, 0.3) is 0 Å². The van der Waals surface area contributed by atoms with Gasteiger partial charge in [-0.05, 0) is 38.0 Å². The van der Waals surface area contributed by atoms with Crippen LogP contribution in [0, 0.1) is 0 Å². The summed E-state index contributed by atoms with van der Waals surface area (Å²) < 4.78 is 26.3. The lowest BCUT2D eigenvalue weighted by Gasteiger charge is -2.17. The number of nitrogens with one attached hydrogen (secondary N) is 1. The maximum absolute atomic E-state index is 12.5. The first-order valence-corrected chi connectivity index (χ1v) is 9.14. The maximum Gasteiger partial charge on any atom is 0.251 e. The van der Waals surface area contributed by atoms with E-state index in [9.17, 15) is 13.2 Å². The molecule has 0 bridgehead atoms. The molecule has 0 heterocycles. The quantitative estimate of drug-likeness (QED) is 0.798. The number of carbonyl (C=O) groups is 1. The molecule has 0 radical (unpaired) electrons. The second-order valence-corrected chi connectivity index (χ2v) is 7.54. The van der Waals surface area contributed by atoms with Crippen LogP contribution in [0.15, 0.2) is 29.2 Å². The molecule has 1 atom stereocenters. The lowest BCUT2D eigenvalue weighted by Crippen LogP contribution is -2.32. The molecule has 0 saturated heterocycles. The van der Waals surface area contributed by atoms with Gasteiger partial charge in [-0.25, -0.2) is 12.7 Å². The molecule has 6 heteroatoms. The van der Waals surface area contributed by atoms with Crippen LogP contribution >= 0.6 is 0 Å². The van der Waals surface area contributed by atoms with Gasteiger partial charge in [0.15, 0.2) is 0 Å². The van der Waals surface area contributed by atoms with Crippen molar-refractivity contribution in [3.8, 4) is 0 Å². The Kier molecular flexibility index (Phi) is 7.03. The third-order valence-electron chi connectivity index (χ3n) is 3.62. The van der Waals surface area contributed by atoms with Crippen molar-refractivity contribution in [1.29, 1.82) is 0 Å². The number of carbonyl (C=O) groups excluding carboxylic acids is 1. The first kappa shape index (κ1) is 18.6. The first-order valence-electron chi connectivity index (χ1n) is 7.70. The van der Waals surface area contributed by atoms with Crippen LogP contribution in [0.3, 0.4) is 0 Å². The third-order valence-corrected chi connectivity index (χ3v) is 5.47. The van der Waals surface area contributed by atoms with E-state index in [0.717, 1.165) is 19.3 Å². The van der Waals surface area contributed by atoms with Crippen LogP contribution in [0.1, 0.15) is 50.4 Å². The average Bonchev–Trinajstić information content (AvgIpc) is 2.52. The largest absolute Gasteiger partial charge is 0.350 e. The van der Waals surface area contributed by atoms with Gasteiger partial charge in [0.25, 0.3) is 5.91 Å². The highest BCUT2D eigenvalue weighted by atomic mass is 32.2. The molecule has 5 nitrogen and oxygen atoms in total. The number of sulfonamides is 1. The number of benzene rings is 1. The second kappa shape index (κ2) is 8.29. The molecule has 124 valence electrons. The Morgan fingerprint density at radius 3 is 2.59 bits per heavy atom. The van der Waals surface area contributed by atoms with Crippen LogP contribution in [0.2, 0.25) is 0 Å². The van der Waals surface area contributed by atoms with Gasteiger partial charge in [0, 0.05) is 25.2 Å². The summed E-state index contributed by atoms with van der Waals surface area (Å²) in [6, 6.07) is 6.25. The van der Waals surface area contributed by atoms with E-state index in [1.54, 1.807) is 19.2 Å². The van der Waals surface area contributed by atoms with Crippen LogP contribution in [0.5, 0.6) is 0 Å². The van der Waals surface area contributed by atoms with E-state index in [0.29, 0.717) is 12.1 Å². The summed E-state index contributed by atoms with van der Waals surface area (Å²) in [5, 5.41) is 2.84. The number of nitrogens with zero attached hydrogens (tertiary/aromatic N) is 1. The van der Waals surface area contributed by atoms with E-state index >= 15 is 0 Å². The standard InChI is InChI=1S/C16H26N2O3S/c1-5-7-11-18(4)22(20,21)15-10-8-9-14(12-15)16(19)17-13(3)6-2/h8-10,12-13H,5-7,11H2,1-4H3,(H,17,19). The lowest BCUT2D eigenvalue weighted by atomic mass is 10.2. The van der Waals surface area contributed by atoms with Gasteiger partial charge in [-0.1, -0.05) is 26.3 Å². The molecular formula is C16H26N2O3S. The molecule has 0 aromatic heterocycles. The molecule has 0 aliphatic carbocycles. The summed E-state index contributed by atoms with van der Waals surface area (Å²) in [4.78, 5) is 12.3. The molecule has 0 aliphatic rings. The molecule has 0 spiro atoms. The van der Waals surface area contributed by atoms with Gasteiger partial charge in [0.2, 0.25) is 10.0 Å². The Balaban J connectivity index is 2.98. The highest BCUT2D eigenvalue weighted by molar-refractivity contribution is 7.89. The van der Waals surface area contributed by atoms with Gasteiger partial charge in [0.1, 0.15) is 0 Å². The lowest BCUT2D eigenvalue weighted by molar-refractivity contribution is 0.0939. The Hall–Kier alpha value is -1.40. The zero-order chi connectivity index (χ0) is 16.8. The van der Waals surface area contributed by atoms with Crippen LogP contribution in [-0.4, -0.2) is 38.3 Å². The predicted molar refractivity (Wildman–Crippen MR) is 88.4 cm³/mol. The van der Waals surface area contributed by atoms with Gasteiger partial charge in [-0.2, -0.15) is 0 Å².